The summed E-state index contributed by atoms with van der Waals surface area (Å²) in [6.07, 6.45) is 11.2. The molecule has 2 heterocycles. The minimum atomic E-state index is 0.879. The van der Waals surface area contributed by atoms with Gasteiger partial charge in [-0.15, -0.1) is 0 Å². The fraction of sp³-hybridized carbons (Fsp3) is 0.600. The zero-order chi connectivity index (χ0) is 13.2. The van der Waals surface area contributed by atoms with E-state index in [2.05, 4.69) is 22.7 Å². The average molecular weight is 275 g/mol. The number of thioether (sulfide) groups is 1. The van der Waals surface area contributed by atoms with Crippen LogP contribution in [0.25, 0.3) is 11.0 Å². The van der Waals surface area contributed by atoms with Crippen molar-refractivity contribution in [2.75, 3.05) is 12.0 Å². The quantitative estimate of drug-likeness (QED) is 0.757. The molecule has 0 aromatic carbocycles. The second-order valence-corrected chi connectivity index (χ2v) is 6.48. The lowest BCUT2D eigenvalue weighted by molar-refractivity contribution is 0.634. The molecule has 1 aliphatic carbocycles. The Labute approximate surface area is 118 Å². The van der Waals surface area contributed by atoms with E-state index in [1.165, 1.54) is 41.9 Å². The van der Waals surface area contributed by atoms with E-state index >= 15 is 0 Å². The van der Waals surface area contributed by atoms with E-state index < -0.39 is 0 Å². The maximum atomic E-state index is 4.83. The number of aryl methyl sites for hydroxylation is 2. The number of aromatic nitrogens is 3. The Morgan fingerprint density at radius 2 is 2.21 bits per heavy atom. The molecule has 3 nitrogen and oxygen atoms in total. The molecule has 0 radical (unpaired) electrons. The topological polar surface area (TPSA) is 30.7 Å². The van der Waals surface area contributed by atoms with E-state index in [9.17, 15) is 0 Å². The molecule has 2 aromatic heterocycles. The standard InChI is InChI=1S/C15H21N3S/c1-11-9-16-10-13-15(11)18(6-3-7-19-2)14(17-13)8-12-4-5-12/h9-10,12H,3-8H2,1-2H3. The molecule has 0 saturated heterocycles. The summed E-state index contributed by atoms with van der Waals surface area (Å²) < 4.78 is 2.45. The molecule has 0 amide bonds. The molecule has 2 aromatic rings. The molecule has 0 unspecified atom stereocenters. The molecule has 0 bridgehead atoms. The van der Waals surface area contributed by atoms with Crippen molar-refractivity contribution in [1.82, 2.24) is 14.5 Å². The molecule has 0 spiro atoms. The Morgan fingerprint density at radius 1 is 1.37 bits per heavy atom. The van der Waals surface area contributed by atoms with Gasteiger partial charge < -0.3 is 4.57 Å². The first kappa shape index (κ1) is 13.0. The number of nitrogens with zero attached hydrogens (tertiary/aromatic N) is 3. The summed E-state index contributed by atoms with van der Waals surface area (Å²) in [7, 11) is 0. The van der Waals surface area contributed by atoms with Gasteiger partial charge in [0.2, 0.25) is 0 Å². The van der Waals surface area contributed by atoms with Crippen LogP contribution in [-0.4, -0.2) is 26.5 Å². The fourth-order valence-electron chi connectivity index (χ4n) is 2.65. The molecule has 1 aliphatic rings. The van der Waals surface area contributed by atoms with Crippen LogP contribution in [0.15, 0.2) is 12.4 Å². The summed E-state index contributed by atoms with van der Waals surface area (Å²) in [4.78, 5) is 9.10. The Hall–Kier alpha value is -1.03. The van der Waals surface area contributed by atoms with Crippen LogP contribution in [0.1, 0.15) is 30.7 Å². The average Bonchev–Trinajstić information content (AvgIpc) is 3.13. The second-order valence-electron chi connectivity index (χ2n) is 5.50. The first-order valence-electron chi connectivity index (χ1n) is 7.08. The van der Waals surface area contributed by atoms with E-state index in [0.29, 0.717) is 0 Å². The van der Waals surface area contributed by atoms with Crippen molar-refractivity contribution >= 4 is 22.8 Å². The highest BCUT2D eigenvalue weighted by Crippen LogP contribution is 2.33. The van der Waals surface area contributed by atoms with Crippen LogP contribution in [0.4, 0.5) is 0 Å². The molecule has 3 rings (SSSR count). The largest absolute Gasteiger partial charge is 0.328 e. The van der Waals surface area contributed by atoms with E-state index in [-0.39, 0.29) is 0 Å². The third-order valence-corrected chi connectivity index (χ3v) is 4.51. The SMILES string of the molecule is CSCCCn1c(CC2CC2)nc2cncc(C)c21. The van der Waals surface area contributed by atoms with Gasteiger partial charge in [-0.2, -0.15) is 11.8 Å². The van der Waals surface area contributed by atoms with Crippen molar-refractivity contribution in [3.05, 3.63) is 23.8 Å². The Balaban J connectivity index is 1.96. The first-order valence-corrected chi connectivity index (χ1v) is 8.47. The number of hydrogen-bond donors (Lipinski definition) is 0. The number of fused-ring (bicyclic) bond motifs is 1. The molecular formula is C15H21N3S. The summed E-state index contributed by atoms with van der Waals surface area (Å²) in [5.74, 6) is 3.37. The van der Waals surface area contributed by atoms with Crippen molar-refractivity contribution in [1.29, 1.82) is 0 Å². The van der Waals surface area contributed by atoms with Crippen LogP contribution in [-0.2, 0) is 13.0 Å². The molecule has 0 N–H and O–H groups in total. The molecule has 0 atom stereocenters. The summed E-state index contributed by atoms with van der Waals surface area (Å²) in [6.45, 7) is 3.23. The van der Waals surface area contributed by atoms with Crippen molar-refractivity contribution < 1.29 is 0 Å². The van der Waals surface area contributed by atoms with Gasteiger partial charge in [0.25, 0.3) is 0 Å². The lowest BCUT2D eigenvalue weighted by Crippen LogP contribution is -2.06. The van der Waals surface area contributed by atoms with Crippen molar-refractivity contribution in [3.8, 4) is 0 Å². The smallest absolute Gasteiger partial charge is 0.110 e. The lowest BCUT2D eigenvalue weighted by atomic mass is 10.2. The van der Waals surface area contributed by atoms with Crippen LogP contribution < -0.4 is 0 Å². The summed E-state index contributed by atoms with van der Waals surface area (Å²) >= 11 is 1.92. The zero-order valence-electron chi connectivity index (χ0n) is 11.7. The van der Waals surface area contributed by atoms with E-state index in [0.717, 1.165) is 24.4 Å². The Bertz CT molecular complexity index is 572. The van der Waals surface area contributed by atoms with Gasteiger partial charge in [-0.3, -0.25) is 4.98 Å². The van der Waals surface area contributed by atoms with Crippen LogP contribution in [0.3, 0.4) is 0 Å². The van der Waals surface area contributed by atoms with Gasteiger partial charge in [0.1, 0.15) is 11.3 Å². The van der Waals surface area contributed by atoms with Crippen LogP contribution in [0.2, 0.25) is 0 Å². The van der Waals surface area contributed by atoms with Gasteiger partial charge in [-0.1, -0.05) is 0 Å². The van der Waals surface area contributed by atoms with Gasteiger partial charge >= 0.3 is 0 Å². The normalized spacial score (nSPS) is 15.3. The van der Waals surface area contributed by atoms with Crippen LogP contribution in [0.5, 0.6) is 0 Å². The maximum Gasteiger partial charge on any atom is 0.110 e. The van der Waals surface area contributed by atoms with Crippen LogP contribution >= 0.6 is 11.8 Å². The number of pyridine rings is 1. The molecule has 19 heavy (non-hydrogen) atoms. The highest BCUT2D eigenvalue weighted by atomic mass is 32.2. The summed E-state index contributed by atoms with van der Waals surface area (Å²) in [5, 5.41) is 0. The fourth-order valence-corrected chi connectivity index (χ4v) is 3.07. The van der Waals surface area contributed by atoms with E-state index in [1.807, 2.05) is 24.2 Å². The predicted octanol–water partition coefficient (Wildman–Crippen LogP) is 3.45. The highest BCUT2D eigenvalue weighted by Gasteiger charge is 2.25. The zero-order valence-corrected chi connectivity index (χ0v) is 12.5. The molecule has 102 valence electrons. The lowest BCUT2D eigenvalue weighted by Gasteiger charge is -2.09. The number of hydrogen-bond acceptors (Lipinski definition) is 3. The number of imidazole rings is 1. The van der Waals surface area contributed by atoms with Crippen molar-refractivity contribution in [2.45, 2.75) is 39.2 Å². The van der Waals surface area contributed by atoms with Gasteiger partial charge in [0.05, 0.1) is 11.7 Å². The van der Waals surface area contributed by atoms with E-state index in [1.54, 1.807) is 0 Å². The van der Waals surface area contributed by atoms with Crippen molar-refractivity contribution in [2.24, 2.45) is 5.92 Å². The van der Waals surface area contributed by atoms with Gasteiger partial charge in [-0.25, -0.2) is 4.98 Å². The highest BCUT2D eigenvalue weighted by molar-refractivity contribution is 7.98. The molecule has 1 fully saturated rings. The van der Waals surface area contributed by atoms with E-state index in [4.69, 9.17) is 4.98 Å². The monoisotopic (exact) mass is 275 g/mol. The number of rotatable bonds is 6. The maximum absolute atomic E-state index is 4.83. The summed E-state index contributed by atoms with van der Waals surface area (Å²) in [5.41, 5.74) is 3.61. The minimum Gasteiger partial charge on any atom is -0.328 e. The Kier molecular flexibility index (Phi) is 3.78. The van der Waals surface area contributed by atoms with Gasteiger partial charge in [0, 0.05) is 19.2 Å². The minimum absolute atomic E-state index is 0.879. The molecule has 1 saturated carbocycles. The molecule has 0 aliphatic heterocycles. The predicted molar refractivity (Wildman–Crippen MR) is 81.7 cm³/mol. The molecular weight excluding hydrogens is 254 g/mol. The van der Waals surface area contributed by atoms with Gasteiger partial charge in [-0.05, 0) is 49.7 Å². The third-order valence-electron chi connectivity index (χ3n) is 3.81. The second kappa shape index (κ2) is 5.53. The Morgan fingerprint density at radius 3 is 2.95 bits per heavy atom. The van der Waals surface area contributed by atoms with Gasteiger partial charge in [0.15, 0.2) is 0 Å². The summed E-state index contributed by atoms with van der Waals surface area (Å²) in [6, 6.07) is 0. The van der Waals surface area contributed by atoms with Crippen LogP contribution in [0, 0.1) is 12.8 Å². The van der Waals surface area contributed by atoms with Crippen molar-refractivity contribution in [3.63, 3.8) is 0 Å². The molecule has 4 heteroatoms. The third kappa shape index (κ3) is 2.78. The first-order chi connectivity index (χ1) is 9.29.